The standard InChI is InChI=1S/C16H24N2O.ClH/c1-16(2)8-3-10-18(11-9-16)15(19)12-13-4-6-14(17)7-5-13;/h4-7H,3,8-12,17H2,1-2H3;1H. The summed E-state index contributed by atoms with van der Waals surface area (Å²) in [6, 6.07) is 7.59. The zero-order chi connectivity index (χ0) is 13.9. The van der Waals surface area contributed by atoms with E-state index in [9.17, 15) is 4.79 Å². The van der Waals surface area contributed by atoms with Gasteiger partial charge in [-0.2, -0.15) is 0 Å². The van der Waals surface area contributed by atoms with Crippen LogP contribution in [0.25, 0.3) is 0 Å². The summed E-state index contributed by atoms with van der Waals surface area (Å²) in [7, 11) is 0. The highest BCUT2D eigenvalue weighted by Crippen LogP contribution is 2.29. The summed E-state index contributed by atoms with van der Waals surface area (Å²) < 4.78 is 0. The Morgan fingerprint density at radius 2 is 1.85 bits per heavy atom. The minimum atomic E-state index is 0. The largest absolute Gasteiger partial charge is 0.399 e. The molecule has 1 aliphatic rings. The van der Waals surface area contributed by atoms with E-state index >= 15 is 0 Å². The Hall–Kier alpha value is -1.22. The maximum absolute atomic E-state index is 12.3. The van der Waals surface area contributed by atoms with Gasteiger partial charge in [-0.1, -0.05) is 26.0 Å². The monoisotopic (exact) mass is 296 g/mol. The number of halogens is 1. The zero-order valence-electron chi connectivity index (χ0n) is 12.4. The van der Waals surface area contributed by atoms with Crippen molar-refractivity contribution in [3.8, 4) is 0 Å². The quantitative estimate of drug-likeness (QED) is 0.851. The first kappa shape index (κ1) is 16.8. The van der Waals surface area contributed by atoms with Gasteiger partial charge < -0.3 is 10.6 Å². The van der Waals surface area contributed by atoms with Gasteiger partial charge in [-0.25, -0.2) is 0 Å². The number of amides is 1. The lowest BCUT2D eigenvalue weighted by atomic mass is 9.85. The van der Waals surface area contributed by atoms with Gasteiger partial charge in [-0.3, -0.25) is 4.79 Å². The van der Waals surface area contributed by atoms with Crippen LogP contribution in [-0.4, -0.2) is 23.9 Å². The molecule has 2 rings (SSSR count). The van der Waals surface area contributed by atoms with Crippen LogP contribution in [0, 0.1) is 5.41 Å². The molecule has 3 nitrogen and oxygen atoms in total. The number of hydrogen-bond acceptors (Lipinski definition) is 2. The van der Waals surface area contributed by atoms with Crippen LogP contribution in [0.5, 0.6) is 0 Å². The van der Waals surface area contributed by atoms with Gasteiger partial charge in [0.05, 0.1) is 6.42 Å². The average Bonchev–Trinajstić information content (AvgIpc) is 2.53. The smallest absolute Gasteiger partial charge is 0.226 e. The molecule has 20 heavy (non-hydrogen) atoms. The lowest BCUT2D eigenvalue weighted by molar-refractivity contribution is -0.130. The van der Waals surface area contributed by atoms with Crippen molar-refractivity contribution in [1.82, 2.24) is 4.90 Å². The fourth-order valence-corrected chi connectivity index (χ4v) is 2.59. The Balaban J connectivity index is 0.00000200. The average molecular weight is 297 g/mol. The second kappa shape index (κ2) is 6.98. The molecule has 0 aliphatic carbocycles. The van der Waals surface area contributed by atoms with Crippen LogP contribution in [-0.2, 0) is 11.2 Å². The van der Waals surface area contributed by atoms with E-state index < -0.39 is 0 Å². The molecule has 0 atom stereocenters. The van der Waals surface area contributed by atoms with E-state index in [1.54, 1.807) is 0 Å². The molecule has 1 aliphatic heterocycles. The van der Waals surface area contributed by atoms with Crippen LogP contribution in [0.15, 0.2) is 24.3 Å². The minimum Gasteiger partial charge on any atom is -0.399 e. The molecule has 1 fully saturated rings. The van der Waals surface area contributed by atoms with Crippen LogP contribution in [0.3, 0.4) is 0 Å². The second-order valence-electron chi connectivity index (χ2n) is 6.32. The highest BCUT2D eigenvalue weighted by Gasteiger charge is 2.25. The number of benzene rings is 1. The Bertz CT molecular complexity index is 442. The van der Waals surface area contributed by atoms with E-state index in [1.807, 2.05) is 29.2 Å². The summed E-state index contributed by atoms with van der Waals surface area (Å²) in [6.45, 7) is 6.37. The van der Waals surface area contributed by atoms with Crippen molar-refractivity contribution in [3.63, 3.8) is 0 Å². The Labute approximate surface area is 127 Å². The number of likely N-dealkylation sites (tertiary alicyclic amines) is 1. The number of nitrogens with two attached hydrogens (primary N) is 1. The van der Waals surface area contributed by atoms with Crippen LogP contribution in [0.2, 0.25) is 0 Å². The van der Waals surface area contributed by atoms with Crippen molar-refractivity contribution >= 4 is 24.0 Å². The molecule has 1 saturated heterocycles. The lowest BCUT2D eigenvalue weighted by Crippen LogP contribution is -2.33. The summed E-state index contributed by atoms with van der Waals surface area (Å²) in [5.41, 5.74) is 7.81. The molecule has 112 valence electrons. The summed E-state index contributed by atoms with van der Waals surface area (Å²) in [4.78, 5) is 14.3. The summed E-state index contributed by atoms with van der Waals surface area (Å²) in [6.07, 6.45) is 3.90. The van der Waals surface area contributed by atoms with Gasteiger partial charge >= 0.3 is 0 Å². The van der Waals surface area contributed by atoms with E-state index in [2.05, 4.69) is 13.8 Å². The normalized spacial score (nSPS) is 18.0. The predicted octanol–water partition coefficient (Wildman–Crippen LogP) is 3.27. The molecular weight excluding hydrogens is 272 g/mol. The van der Waals surface area contributed by atoms with Crippen molar-refractivity contribution < 1.29 is 4.79 Å². The number of carbonyl (C=O) groups excluding carboxylic acids is 1. The van der Waals surface area contributed by atoms with Crippen molar-refractivity contribution in [2.75, 3.05) is 18.8 Å². The van der Waals surface area contributed by atoms with Crippen molar-refractivity contribution in [2.45, 2.75) is 39.5 Å². The molecule has 1 aromatic carbocycles. The maximum atomic E-state index is 12.3. The number of anilines is 1. The number of hydrogen-bond donors (Lipinski definition) is 1. The van der Waals surface area contributed by atoms with Gasteiger partial charge in [0.2, 0.25) is 5.91 Å². The highest BCUT2D eigenvalue weighted by atomic mass is 35.5. The molecule has 0 radical (unpaired) electrons. The molecular formula is C16H25ClN2O. The van der Waals surface area contributed by atoms with Crippen LogP contribution in [0.1, 0.15) is 38.7 Å². The third-order valence-corrected chi connectivity index (χ3v) is 4.03. The molecule has 0 aromatic heterocycles. The topological polar surface area (TPSA) is 46.3 Å². The predicted molar refractivity (Wildman–Crippen MR) is 86.0 cm³/mol. The van der Waals surface area contributed by atoms with E-state index in [0.717, 1.165) is 37.2 Å². The number of carbonyl (C=O) groups is 1. The molecule has 4 heteroatoms. The van der Waals surface area contributed by atoms with Gasteiger partial charge in [0, 0.05) is 18.8 Å². The van der Waals surface area contributed by atoms with Gasteiger partial charge in [0.1, 0.15) is 0 Å². The number of nitrogen functional groups attached to an aromatic ring is 1. The fraction of sp³-hybridized carbons (Fsp3) is 0.562. The molecule has 0 unspecified atom stereocenters. The number of nitrogens with zero attached hydrogens (tertiary/aromatic N) is 1. The number of rotatable bonds is 2. The van der Waals surface area contributed by atoms with Crippen molar-refractivity contribution in [1.29, 1.82) is 0 Å². The molecule has 1 amide bonds. The minimum absolute atomic E-state index is 0. The summed E-state index contributed by atoms with van der Waals surface area (Å²) >= 11 is 0. The molecule has 2 N–H and O–H groups in total. The lowest BCUT2D eigenvalue weighted by Gasteiger charge is -2.23. The third kappa shape index (κ3) is 4.71. The fourth-order valence-electron chi connectivity index (χ4n) is 2.59. The Morgan fingerprint density at radius 1 is 1.20 bits per heavy atom. The Kier molecular flexibility index (Phi) is 5.88. The zero-order valence-corrected chi connectivity index (χ0v) is 13.2. The second-order valence-corrected chi connectivity index (χ2v) is 6.32. The first-order valence-electron chi connectivity index (χ1n) is 7.08. The van der Waals surface area contributed by atoms with E-state index in [1.165, 1.54) is 6.42 Å². The van der Waals surface area contributed by atoms with E-state index in [0.29, 0.717) is 11.8 Å². The van der Waals surface area contributed by atoms with Gasteiger partial charge in [0.25, 0.3) is 0 Å². The third-order valence-electron chi connectivity index (χ3n) is 4.03. The first-order valence-corrected chi connectivity index (χ1v) is 7.08. The van der Waals surface area contributed by atoms with E-state index in [-0.39, 0.29) is 18.3 Å². The van der Waals surface area contributed by atoms with E-state index in [4.69, 9.17) is 5.73 Å². The SMILES string of the molecule is CC1(C)CCCN(C(=O)Cc2ccc(N)cc2)CC1.Cl. The van der Waals surface area contributed by atoms with Gasteiger partial charge in [0.15, 0.2) is 0 Å². The van der Waals surface area contributed by atoms with Crippen LogP contribution < -0.4 is 5.73 Å². The first-order chi connectivity index (χ1) is 8.96. The maximum Gasteiger partial charge on any atom is 0.226 e. The molecule has 1 aromatic rings. The van der Waals surface area contributed by atoms with Gasteiger partial charge in [-0.15, -0.1) is 12.4 Å². The molecule has 0 spiro atoms. The summed E-state index contributed by atoms with van der Waals surface area (Å²) in [5, 5.41) is 0. The molecule has 1 heterocycles. The molecule has 0 saturated carbocycles. The van der Waals surface area contributed by atoms with Gasteiger partial charge in [-0.05, 0) is 42.4 Å². The van der Waals surface area contributed by atoms with Crippen molar-refractivity contribution in [3.05, 3.63) is 29.8 Å². The summed E-state index contributed by atoms with van der Waals surface area (Å²) in [5.74, 6) is 0.238. The highest BCUT2D eigenvalue weighted by molar-refractivity contribution is 5.85. The van der Waals surface area contributed by atoms with Crippen LogP contribution >= 0.6 is 12.4 Å². The molecule has 0 bridgehead atoms. The van der Waals surface area contributed by atoms with Crippen LogP contribution in [0.4, 0.5) is 5.69 Å². The van der Waals surface area contributed by atoms with Crippen molar-refractivity contribution in [2.24, 2.45) is 5.41 Å². The Morgan fingerprint density at radius 3 is 2.50 bits per heavy atom.